The summed E-state index contributed by atoms with van der Waals surface area (Å²) >= 11 is 0. The number of nitrogens with one attached hydrogen (secondary N) is 1. The van der Waals surface area contributed by atoms with Crippen LogP contribution >= 0.6 is 0 Å². The number of amides is 2. The second kappa shape index (κ2) is 8.60. The fourth-order valence-electron chi connectivity index (χ4n) is 3.35. The highest BCUT2D eigenvalue weighted by molar-refractivity contribution is 6.14. The van der Waals surface area contributed by atoms with Gasteiger partial charge in [-0.25, -0.2) is 4.99 Å². The van der Waals surface area contributed by atoms with Crippen LogP contribution in [0.2, 0.25) is 0 Å². The SMILES string of the molecule is CCCCOc1ccc(C(=O)N=C2C=CC3C(=C2)NC(=O)C=C3C(C)(C)C)cc1. The Kier molecular flexibility index (Phi) is 6.16. The van der Waals surface area contributed by atoms with Gasteiger partial charge in [0.25, 0.3) is 5.91 Å². The third-order valence-corrected chi connectivity index (χ3v) is 4.95. The van der Waals surface area contributed by atoms with Gasteiger partial charge in [0.2, 0.25) is 5.91 Å². The number of hydrogen-bond donors (Lipinski definition) is 1. The molecular formula is C24H28N2O3. The van der Waals surface area contributed by atoms with E-state index >= 15 is 0 Å². The first kappa shape index (κ1) is 20.8. The molecule has 0 aromatic heterocycles. The Morgan fingerprint density at radius 3 is 2.55 bits per heavy atom. The van der Waals surface area contributed by atoms with Crippen LogP contribution in [0.4, 0.5) is 0 Å². The molecular weight excluding hydrogens is 364 g/mol. The Bertz CT molecular complexity index is 912. The highest BCUT2D eigenvalue weighted by atomic mass is 16.5. The van der Waals surface area contributed by atoms with Crippen LogP contribution in [0.3, 0.4) is 0 Å². The van der Waals surface area contributed by atoms with Gasteiger partial charge in [0.05, 0.1) is 12.3 Å². The third kappa shape index (κ3) is 5.11. The van der Waals surface area contributed by atoms with Crippen molar-refractivity contribution in [2.24, 2.45) is 16.3 Å². The molecule has 2 amide bonds. The quantitative estimate of drug-likeness (QED) is 0.744. The number of benzene rings is 1. The fraction of sp³-hybridized carbons (Fsp3) is 0.375. The average molecular weight is 392 g/mol. The van der Waals surface area contributed by atoms with Crippen molar-refractivity contribution in [3.63, 3.8) is 0 Å². The molecule has 1 unspecified atom stereocenters. The minimum Gasteiger partial charge on any atom is -0.494 e. The molecule has 152 valence electrons. The Labute approximate surface area is 172 Å². The zero-order chi connectivity index (χ0) is 21.0. The van der Waals surface area contributed by atoms with Crippen molar-refractivity contribution in [1.82, 2.24) is 5.32 Å². The van der Waals surface area contributed by atoms with Crippen molar-refractivity contribution in [3.05, 3.63) is 65.4 Å². The maximum atomic E-state index is 12.5. The van der Waals surface area contributed by atoms with Crippen molar-refractivity contribution in [2.45, 2.75) is 40.5 Å². The Balaban J connectivity index is 1.75. The number of allylic oxidation sites excluding steroid dienone is 3. The van der Waals surface area contributed by atoms with Gasteiger partial charge in [0.1, 0.15) is 5.75 Å². The van der Waals surface area contributed by atoms with Gasteiger partial charge in [-0.3, -0.25) is 9.59 Å². The minimum atomic E-state index is -0.325. The molecule has 1 atom stereocenters. The number of fused-ring (bicyclic) bond motifs is 1. The predicted molar refractivity (Wildman–Crippen MR) is 115 cm³/mol. The van der Waals surface area contributed by atoms with Gasteiger partial charge in [-0.15, -0.1) is 0 Å². The van der Waals surface area contributed by atoms with Crippen LogP contribution in [0.5, 0.6) is 5.75 Å². The van der Waals surface area contributed by atoms with Gasteiger partial charge >= 0.3 is 0 Å². The summed E-state index contributed by atoms with van der Waals surface area (Å²) in [7, 11) is 0. The molecule has 5 heteroatoms. The van der Waals surface area contributed by atoms with Crippen molar-refractivity contribution in [2.75, 3.05) is 6.61 Å². The van der Waals surface area contributed by atoms with Gasteiger partial charge < -0.3 is 10.1 Å². The number of carbonyl (C=O) groups is 2. The molecule has 0 spiro atoms. The van der Waals surface area contributed by atoms with Crippen LogP contribution in [0.15, 0.2) is 64.8 Å². The van der Waals surface area contributed by atoms with E-state index in [1.54, 1.807) is 36.4 Å². The Morgan fingerprint density at radius 2 is 1.90 bits per heavy atom. The maximum absolute atomic E-state index is 12.5. The molecule has 1 heterocycles. The van der Waals surface area contributed by atoms with E-state index in [1.807, 2.05) is 12.2 Å². The molecule has 1 aromatic carbocycles. The lowest BCUT2D eigenvalue weighted by molar-refractivity contribution is -0.116. The van der Waals surface area contributed by atoms with Crippen LogP contribution in [0.25, 0.3) is 0 Å². The maximum Gasteiger partial charge on any atom is 0.277 e. The molecule has 0 fully saturated rings. The van der Waals surface area contributed by atoms with E-state index in [1.165, 1.54) is 0 Å². The normalized spacial score (nSPS) is 19.9. The van der Waals surface area contributed by atoms with Gasteiger partial charge in [-0.2, -0.15) is 0 Å². The summed E-state index contributed by atoms with van der Waals surface area (Å²) in [5.74, 6) is 0.281. The number of nitrogens with zero attached hydrogens (tertiary/aromatic N) is 1. The lowest BCUT2D eigenvalue weighted by Crippen LogP contribution is -2.36. The van der Waals surface area contributed by atoms with E-state index in [-0.39, 0.29) is 23.1 Å². The molecule has 1 aliphatic heterocycles. The van der Waals surface area contributed by atoms with Crippen molar-refractivity contribution >= 4 is 17.5 Å². The summed E-state index contributed by atoms with van der Waals surface area (Å²) in [6.07, 6.45) is 9.35. The fourth-order valence-corrected chi connectivity index (χ4v) is 3.35. The first-order valence-corrected chi connectivity index (χ1v) is 10.1. The second-order valence-electron chi connectivity index (χ2n) is 8.34. The number of rotatable bonds is 5. The molecule has 29 heavy (non-hydrogen) atoms. The van der Waals surface area contributed by atoms with E-state index in [0.717, 1.165) is 29.9 Å². The lowest BCUT2D eigenvalue weighted by atomic mass is 9.74. The van der Waals surface area contributed by atoms with Crippen molar-refractivity contribution < 1.29 is 14.3 Å². The summed E-state index contributed by atoms with van der Waals surface area (Å²) in [4.78, 5) is 28.8. The predicted octanol–water partition coefficient (Wildman–Crippen LogP) is 4.62. The van der Waals surface area contributed by atoms with E-state index in [9.17, 15) is 9.59 Å². The van der Waals surface area contributed by atoms with E-state index in [2.05, 4.69) is 38.0 Å². The molecule has 0 saturated carbocycles. The monoisotopic (exact) mass is 392 g/mol. The summed E-state index contributed by atoms with van der Waals surface area (Å²) in [6.45, 7) is 9.05. The number of carbonyl (C=O) groups excluding carboxylic acids is 2. The topological polar surface area (TPSA) is 67.8 Å². The zero-order valence-corrected chi connectivity index (χ0v) is 17.5. The molecule has 5 nitrogen and oxygen atoms in total. The summed E-state index contributed by atoms with van der Waals surface area (Å²) in [5.41, 5.74) is 2.71. The average Bonchev–Trinajstić information content (AvgIpc) is 2.67. The van der Waals surface area contributed by atoms with Crippen LogP contribution < -0.4 is 10.1 Å². The number of unbranched alkanes of at least 4 members (excludes halogenated alkanes) is 1. The number of ether oxygens (including phenoxy) is 1. The van der Waals surface area contributed by atoms with Gasteiger partial charge in [0, 0.05) is 23.3 Å². The van der Waals surface area contributed by atoms with E-state index in [4.69, 9.17) is 4.74 Å². The molecule has 3 rings (SSSR count). The number of aliphatic imine (C=N–C) groups is 1. The standard InChI is InChI=1S/C24H28N2O3/c1-5-6-13-29-18-10-7-16(8-11-18)23(28)25-17-9-12-19-20(24(2,3)4)15-22(27)26-21(19)14-17/h7-12,14-15,19H,5-6,13H2,1-4H3,(H,26,27). The summed E-state index contributed by atoms with van der Waals surface area (Å²) in [6, 6.07) is 7.02. The largest absolute Gasteiger partial charge is 0.494 e. The van der Waals surface area contributed by atoms with Gasteiger partial charge in [0.15, 0.2) is 0 Å². The summed E-state index contributed by atoms with van der Waals surface area (Å²) < 4.78 is 5.62. The van der Waals surface area contributed by atoms with Crippen molar-refractivity contribution in [1.29, 1.82) is 0 Å². The van der Waals surface area contributed by atoms with E-state index in [0.29, 0.717) is 17.9 Å². The minimum absolute atomic E-state index is 0.00121. The van der Waals surface area contributed by atoms with Gasteiger partial charge in [-0.1, -0.05) is 40.2 Å². The first-order valence-electron chi connectivity index (χ1n) is 10.1. The first-order chi connectivity index (χ1) is 13.8. The molecule has 2 aliphatic rings. The highest BCUT2D eigenvalue weighted by Crippen LogP contribution is 2.38. The van der Waals surface area contributed by atoms with Crippen LogP contribution in [-0.2, 0) is 4.79 Å². The van der Waals surface area contributed by atoms with Gasteiger partial charge in [-0.05, 0) is 53.8 Å². The van der Waals surface area contributed by atoms with Crippen LogP contribution in [0.1, 0.15) is 50.9 Å². The molecule has 1 N–H and O–H groups in total. The van der Waals surface area contributed by atoms with E-state index < -0.39 is 0 Å². The zero-order valence-electron chi connectivity index (χ0n) is 17.5. The number of hydrogen-bond acceptors (Lipinski definition) is 3. The smallest absolute Gasteiger partial charge is 0.277 e. The lowest BCUT2D eigenvalue weighted by Gasteiger charge is -2.34. The highest BCUT2D eigenvalue weighted by Gasteiger charge is 2.32. The Morgan fingerprint density at radius 1 is 1.17 bits per heavy atom. The van der Waals surface area contributed by atoms with Crippen LogP contribution in [-0.4, -0.2) is 24.1 Å². The molecule has 0 saturated heterocycles. The van der Waals surface area contributed by atoms with Crippen molar-refractivity contribution in [3.8, 4) is 5.75 Å². The van der Waals surface area contributed by atoms with Crippen LogP contribution in [0, 0.1) is 11.3 Å². The molecule has 1 aromatic rings. The summed E-state index contributed by atoms with van der Waals surface area (Å²) in [5, 5.41) is 2.88. The molecule has 1 aliphatic carbocycles. The molecule has 0 bridgehead atoms. The third-order valence-electron chi connectivity index (χ3n) is 4.95. The molecule has 0 radical (unpaired) electrons. The second-order valence-corrected chi connectivity index (χ2v) is 8.34. The Hall–Kier alpha value is -2.95.